The number of rotatable bonds is 2. The van der Waals surface area contributed by atoms with Gasteiger partial charge in [-0.2, -0.15) is 0 Å². The molecule has 1 aromatic rings. The van der Waals surface area contributed by atoms with Crippen molar-refractivity contribution in [3.63, 3.8) is 0 Å². The van der Waals surface area contributed by atoms with Crippen LogP contribution >= 0.6 is 22.6 Å². The molecule has 2 rings (SSSR count). The third-order valence-electron chi connectivity index (χ3n) is 2.19. The molecule has 1 aliphatic rings. The summed E-state index contributed by atoms with van der Waals surface area (Å²) < 4.78 is 0.961. The summed E-state index contributed by atoms with van der Waals surface area (Å²) in [5, 5.41) is 12.8. The molecule has 0 fully saturated rings. The molecular formula is C10H10INO. The number of nitrogens with one attached hydrogen (secondary N) is 1. The molecule has 13 heavy (non-hydrogen) atoms. The second kappa shape index (κ2) is 3.31. The van der Waals surface area contributed by atoms with Gasteiger partial charge in [0.25, 0.3) is 0 Å². The fourth-order valence-electron chi connectivity index (χ4n) is 1.44. The van der Waals surface area contributed by atoms with Crippen LogP contribution in [-0.2, 0) is 6.54 Å². The SMILES string of the molecule is CNCc1cc2c(c(I)c1O)C=C2. The lowest BCUT2D eigenvalue weighted by Gasteiger charge is -2.16. The van der Waals surface area contributed by atoms with Crippen LogP contribution in [0.15, 0.2) is 6.07 Å². The van der Waals surface area contributed by atoms with Crippen LogP contribution in [0.5, 0.6) is 5.75 Å². The first-order valence-corrected chi connectivity index (χ1v) is 5.19. The van der Waals surface area contributed by atoms with Crippen molar-refractivity contribution in [2.45, 2.75) is 6.54 Å². The van der Waals surface area contributed by atoms with Gasteiger partial charge in [-0.1, -0.05) is 12.2 Å². The first-order chi connectivity index (χ1) is 6.24. The van der Waals surface area contributed by atoms with Gasteiger partial charge in [-0.15, -0.1) is 0 Å². The van der Waals surface area contributed by atoms with Crippen molar-refractivity contribution in [1.82, 2.24) is 5.32 Å². The molecule has 2 nitrogen and oxygen atoms in total. The predicted octanol–water partition coefficient (Wildman–Crippen LogP) is 2.20. The van der Waals surface area contributed by atoms with Gasteiger partial charge in [-0.3, -0.25) is 0 Å². The van der Waals surface area contributed by atoms with Crippen LogP contribution in [0.4, 0.5) is 0 Å². The summed E-state index contributed by atoms with van der Waals surface area (Å²) in [6, 6.07) is 2.03. The lowest BCUT2D eigenvalue weighted by molar-refractivity contribution is 0.462. The van der Waals surface area contributed by atoms with E-state index in [4.69, 9.17) is 0 Å². The monoisotopic (exact) mass is 287 g/mol. The zero-order valence-corrected chi connectivity index (χ0v) is 9.42. The van der Waals surface area contributed by atoms with Crippen LogP contribution in [0.3, 0.4) is 0 Å². The molecule has 0 heterocycles. The lowest BCUT2D eigenvalue weighted by Crippen LogP contribution is -2.07. The third-order valence-corrected chi connectivity index (χ3v) is 3.28. The summed E-state index contributed by atoms with van der Waals surface area (Å²) in [5.74, 6) is 0.415. The normalized spacial score (nSPS) is 12.5. The number of phenols is 1. The number of hydrogen-bond acceptors (Lipinski definition) is 2. The van der Waals surface area contributed by atoms with Crippen molar-refractivity contribution < 1.29 is 5.11 Å². The molecule has 0 bridgehead atoms. The molecule has 0 atom stereocenters. The van der Waals surface area contributed by atoms with E-state index in [1.54, 1.807) is 0 Å². The number of fused-ring (bicyclic) bond motifs is 1. The molecule has 0 spiro atoms. The van der Waals surface area contributed by atoms with Crippen molar-refractivity contribution in [3.05, 3.63) is 26.3 Å². The lowest BCUT2D eigenvalue weighted by atomic mass is 9.95. The van der Waals surface area contributed by atoms with Gasteiger partial charge >= 0.3 is 0 Å². The minimum Gasteiger partial charge on any atom is -0.506 e. The Morgan fingerprint density at radius 1 is 1.46 bits per heavy atom. The van der Waals surface area contributed by atoms with Gasteiger partial charge in [0, 0.05) is 12.1 Å². The smallest absolute Gasteiger partial charge is 0.134 e. The molecule has 0 saturated carbocycles. The van der Waals surface area contributed by atoms with E-state index in [0.29, 0.717) is 12.3 Å². The summed E-state index contributed by atoms with van der Waals surface area (Å²) in [4.78, 5) is 0. The maximum absolute atomic E-state index is 9.79. The number of halogens is 1. The maximum atomic E-state index is 9.79. The Labute approximate surface area is 90.8 Å². The molecule has 1 aliphatic carbocycles. The van der Waals surface area contributed by atoms with Crippen molar-refractivity contribution in [2.24, 2.45) is 0 Å². The molecule has 68 valence electrons. The molecule has 0 aliphatic heterocycles. The average molecular weight is 287 g/mol. The highest BCUT2D eigenvalue weighted by Crippen LogP contribution is 2.36. The standard InChI is InChI=1S/C10H10INO/c1-12-5-7-4-6-2-3-8(6)9(11)10(7)13/h2-4,12-13H,5H2,1H3. The van der Waals surface area contributed by atoms with Crippen molar-refractivity contribution >= 4 is 34.7 Å². The summed E-state index contributed by atoms with van der Waals surface area (Å²) in [5.41, 5.74) is 3.36. The number of phenolic OH excluding ortho intramolecular Hbond substituents is 1. The fourth-order valence-corrected chi connectivity index (χ4v) is 2.28. The zero-order valence-electron chi connectivity index (χ0n) is 7.26. The molecule has 0 amide bonds. The Bertz CT molecular complexity index is 385. The molecule has 0 aromatic heterocycles. The molecule has 0 saturated heterocycles. The quantitative estimate of drug-likeness (QED) is 0.830. The van der Waals surface area contributed by atoms with Crippen LogP contribution in [0.1, 0.15) is 16.7 Å². The van der Waals surface area contributed by atoms with Crippen LogP contribution in [0, 0.1) is 3.57 Å². The molecule has 2 N–H and O–H groups in total. The van der Waals surface area contributed by atoms with Gasteiger partial charge in [0.05, 0.1) is 3.57 Å². The van der Waals surface area contributed by atoms with E-state index in [1.165, 1.54) is 5.56 Å². The van der Waals surface area contributed by atoms with Gasteiger partial charge in [-0.05, 0) is 46.8 Å². The molecule has 0 radical (unpaired) electrons. The first kappa shape index (κ1) is 9.02. The maximum Gasteiger partial charge on any atom is 0.134 e. The van der Waals surface area contributed by atoms with Gasteiger partial charge in [0.15, 0.2) is 0 Å². The van der Waals surface area contributed by atoms with Gasteiger partial charge in [0.2, 0.25) is 0 Å². The molecule has 1 aromatic carbocycles. The fraction of sp³-hybridized carbons (Fsp3) is 0.200. The van der Waals surface area contributed by atoms with E-state index >= 15 is 0 Å². The van der Waals surface area contributed by atoms with Gasteiger partial charge in [0.1, 0.15) is 5.75 Å². The van der Waals surface area contributed by atoms with Crippen LogP contribution in [0.2, 0.25) is 0 Å². The summed E-state index contributed by atoms with van der Waals surface area (Å²) >= 11 is 2.18. The Morgan fingerprint density at radius 2 is 2.23 bits per heavy atom. The van der Waals surface area contributed by atoms with Crippen molar-refractivity contribution in [2.75, 3.05) is 7.05 Å². The highest BCUT2D eigenvalue weighted by atomic mass is 127. The Hall–Kier alpha value is -0.550. The Morgan fingerprint density at radius 3 is 2.77 bits per heavy atom. The predicted molar refractivity (Wildman–Crippen MR) is 62.5 cm³/mol. The summed E-state index contributed by atoms with van der Waals surface area (Å²) in [6.45, 7) is 0.711. The van der Waals surface area contributed by atoms with E-state index in [2.05, 4.69) is 34.0 Å². The minimum atomic E-state index is 0.415. The zero-order chi connectivity index (χ0) is 9.42. The Kier molecular flexibility index (Phi) is 2.29. The van der Waals surface area contributed by atoms with Crippen LogP contribution < -0.4 is 5.32 Å². The number of aromatic hydroxyl groups is 1. The molecular weight excluding hydrogens is 277 g/mol. The second-order valence-corrected chi connectivity index (χ2v) is 4.14. The van der Waals surface area contributed by atoms with Gasteiger partial charge < -0.3 is 10.4 Å². The van der Waals surface area contributed by atoms with E-state index in [1.807, 2.05) is 19.2 Å². The van der Waals surface area contributed by atoms with E-state index in [9.17, 15) is 5.11 Å². The minimum absolute atomic E-state index is 0.415. The van der Waals surface area contributed by atoms with E-state index in [-0.39, 0.29) is 0 Å². The second-order valence-electron chi connectivity index (χ2n) is 3.06. The Balaban J connectivity index is 2.50. The first-order valence-electron chi connectivity index (χ1n) is 4.11. The van der Waals surface area contributed by atoms with Crippen LogP contribution in [-0.4, -0.2) is 12.2 Å². The number of benzene rings is 1. The van der Waals surface area contributed by atoms with E-state index in [0.717, 1.165) is 14.7 Å². The largest absolute Gasteiger partial charge is 0.506 e. The highest BCUT2D eigenvalue weighted by molar-refractivity contribution is 14.1. The third kappa shape index (κ3) is 1.36. The van der Waals surface area contributed by atoms with Crippen molar-refractivity contribution in [1.29, 1.82) is 0 Å². The average Bonchev–Trinajstić information content (AvgIpc) is 2.06. The summed E-state index contributed by atoms with van der Waals surface area (Å²) in [7, 11) is 1.88. The summed E-state index contributed by atoms with van der Waals surface area (Å²) in [6.07, 6.45) is 4.09. The number of hydrogen-bond donors (Lipinski definition) is 2. The van der Waals surface area contributed by atoms with E-state index < -0.39 is 0 Å². The molecule has 3 heteroatoms. The van der Waals surface area contributed by atoms with Crippen LogP contribution in [0.25, 0.3) is 12.2 Å². The molecule has 0 unspecified atom stereocenters. The highest BCUT2D eigenvalue weighted by Gasteiger charge is 2.16. The van der Waals surface area contributed by atoms with Gasteiger partial charge in [-0.25, -0.2) is 0 Å². The topological polar surface area (TPSA) is 32.3 Å². The van der Waals surface area contributed by atoms with Crippen molar-refractivity contribution in [3.8, 4) is 5.75 Å².